The maximum atomic E-state index is 12.8. The van der Waals surface area contributed by atoms with Crippen LogP contribution in [0.4, 0.5) is 5.69 Å². The average Bonchev–Trinajstić information content (AvgIpc) is 2.47. The summed E-state index contributed by atoms with van der Waals surface area (Å²) in [6.07, 6.45) is 0.362. The van der Waals surface area contributed by atoms with Crippen molar-refractivity contribution in [2.24, 2.45) is 0 Å². The number of aromatic nitrogens is 1. The van der Waals surface area contributed by atoms with Gasteiger partial charge in [-0.05, 0) is 38.1 Å². The van der Waals surface area contributed by atoms with Gasteiger partial charge in [0.25, 0.3) is 5.91 Å². The number of rotatable bonds is 1. The maximum Gasteiger partial charge on any atom is 0.260 e. The number of carbonyl (C=O) groups is 2. The third kappa shape index (κ3) is 2.33. The van der Waals surface area contributed by atoms with Crippen LogP contribution in [0.5, 0.6) is 0 Å². The van der Waals surface area contributed by atoms with Gasteiger partial charge < -0.3 is 4.90 Å². The zero-order chi connectivity index (χ0) is 15.0. The second-order valence-corrected chi connectivity index (χ2v) is 5.23. The molecular weight excluding hydrogens is 264 g/mol. The Balaban J connectivity index is 2.03. The van der Waals surface area contributed by atoms with E-state index in [-0.39, 0.29) is 11.7 Å². The molecule has 2 aromatic rings. The molecule has 0 N–H and O–H groups in total. The van der Waals surface area contributed by atoms with Crippen LogP contribution in [0.2, 0.25) is 0 Å². The summed E-state index contributed by atoms with van der Waals surface area (Å²) >= 11 is 0. The van der Waals surface area contributed by atoms with Crippen LogP contribution in [0.15, 0.2) is 36.4 Å². The molecule has 0 saturated carbocycles. The first kappa shape index (κ1) is 13.5. The van der Waals surface area contributed by atoms with Crippen LogP contribution in [-0.2, 0) is 0 Å². The standard InChI is InChI=1S/C17H16N2O2/c1-11-7-8-13(12(2)18-11)17(21)19-10-9-16(20)14-5-3-4-6-15(14)19/h3-8H,9-10H2,1-2H3. The van der Waals surface area contributed by atoms with Gasteiger partial charge in [-0.1, -0.05) is 12.1 Å². The van der Waals surface area contributed by atoms with Gasteiger partial charge >= 0.3 is 0 Å². The zero-order valence-corrected chi connectivity index (χ0v) is 12.1. The summed E-state index contributed by atoms with van der Waals surface area (Å²) in [5, 5.41) is 0. The van der Waals surface area contributed by atoms with E-state index < -0.39 is 0 Å². The summed E-state index contributed by atoms with van der Waals surface area (Å²) in [7, 11) is 0. The molecule has 0 spiro atoms. The SMILES string of the molecule is Cc1ccc(C(=O)N2CCC(=O)c3ccccc32)c(C)n1. The number of hydrogen-bond acceptors (Lipinski definition) is 3. The summed E-state index contributed by atoms with van der Waals surface area (Å²) in [5.74, 6) is -0.00615. The van der Waals surface area contributed by atoms with E-state index in [1.165, 1.54) is 0 Å². The maximum absolute atomic E-state index is 12.8. The number of anilines is 1. The van der Waals surface area contributed by atoms with Gasteiger partial charge in [0.05, 0.1) is 16.9 Å². The van der Waals surface area contributed by atoms with Crippen molar-refractivity contribution in [3.05, 3.63) is 58.9 Å². The molecule has 0 unspecified atom stereocenters. The van der Waals surface area contributed by atoms with Gasteiger partial charge in [-0.2, -0.15) is 0 Å². The van der Waals surface area contributed by atoms with E-state index >= 15 is 0 Å². The first-order chi connectivity index (χ1) is 10.1. The quantitative estimate of drug-likeness (QED) is 0.807. The van der Waals surface area contributed by atoms with Crippen molar-refractivity contribution in [2.45, 2.75) is 20.3 Å². The van der Waals surface area contributed by atoms with Gasteiger partial charge in [0, 0.05) is 24.2 Å². The number of fused-ring (bicyclic) bond motifs is 1. The van der Waals surface area contributed by atoms with Crippen molar-refractivity contribution in [3.63, 3.8) is 0 Å². The molecule has 4 nitrogen and oxygen atoms in total. The van der Waals surface area contributed by atoms with Crippen molar-refractivity contribution >= 4 is 17.4 Å². The number of nitrogens with zero attached hydrogens (tertiary/aromatic N) is 2. The predicted octanol–water partition coefficient (Wildman–Crippen LogP) is 2.93. The minimum absolute atomic E-state index is 0.0911. The van der Waals surface area contributed by atoms with Gasteiger partial charge in [-0.15, -0.1) is 0 Å². The number of aryl methyl sites for hydroxylation is 2. The highest BCUT2D eigenvalue weighted by Crippen LogP contribution is 2.28. The van der Waals surface area contributed by atoms with Gasteiger partial charge in [0.2, 0.25) is 0 Å². The lowest BCUT2D eigenvalue weighted by molar-refractivity contribution is 0.0954. The lowest BCUT2D eigenvalue weighted by Crippen LogP contribution is -2.37. The molecule has 1 aromatic heterocycles. The number of ketones is 1. The molecule has 0 atom stereocenters. The number of carbonyl (C=O) groups excluding carboxylic acids is 2. The van der Waals surface area contributed by atoms with Crippen molar-refractivity contribution in [2.75, 3.05) is 11.4 Å². The molecule has 21 heavy (non-hydrogen) atoms. The molecule has 3 rings (SSSR count). The summed E-state index contributed by atoms with van der Waals surface area (Å²) in [6.45, 7) is 4.15. The third-order valence-electron chi connectivity index (χ3n) is 3.76. The Bertz CT molecular complexity index is 737. The van der Waals surface area contributed by atoms with Crippen molar-refractivity contribution in [1.82, 2.24) is 4.98 Å². The smallest absolute Gasteiger partial charge is 0.260 e. The van der Waals surface area contributed by atoms with Gasteiger partial charge in [-0.3, -0.25) is 14.6 Å². The fraction of sp³-hybridized carbons (Fsp3) is 0.235. The Kier molecular flexibility index (Phi) is 3.29. The highest BCUT2D eigenvalue weighted by atomic mass is 16.2. The molecule has 0 aliphatic carbocycles. The van der Waals surface area contributed by atoms with Crippen LogP contribution in [-0.4, -0.2) is 23.2 Å². The molecule has 1 amide bonds. The Morgan fingerprint density at radius 1 is 1.14 bits per heavy atom. The second kappa shape index (κ2) is 5.13. The van der Waals surface area contributed by atoms with Crippen LogP contribution in [0.3, 0.4) is 0 Å². The fourth-order valence-electron chi connectivity index (χ4n) is 2.68. The molecule has 2 heterocycles. The predicted molar refractivity (Wildman–Crippen MR) is 80.8 cm³/mol. The highest BCUT2D eigenvalue weighted by molar-refractivity contribution is 6.13. The minimum atomic E-state index is -0.0973. The molecule has 1 aliphatic heterocycles. The normalized spacial score (nSPS) is 14.0. The summed E-state index contributed by atoms with van der Waals surface area (Å²) in [6, 6.07) is 10.9. The van der Waals surface area contributed by atoms with E-state index in [9.17, 15) is 9.59 Å². The van der Waals surface area contributed by atoms with Crippen molar-refractivity contribution < 1.29 is 9.59 Å². The molecule has 1 aromatic carbocycles. The molecule has 0 fully saturated rings. The van der Waals surface area contributed by atoms with E-state index in [4.69, 9.17) is 0 Å². The first-order valence-corrected chi connectivity index (χ1v) is 6.96. The number of amides is 1. The number of Topliss-reactive ketones (excluding diaryl/α,β-unsaturated/α-hetero) is 1. The van der Waals surface area contributed by atoms with E-state index in [2.05, 4.69) is 4.98 Å². The highest BCUT2D eigenvalue weighted by Gasteiger charge is 2.28. The number of hydrogen-bond donors (Lipinski definition) is 0. The molecular formula is C17H16N2O2. The second-order valence-electron chi connectivity index (χ2n) is 5.23. The van der Waals surface area contributed by atoms with E-state index in [1.807, 2.05) is 38.1 Å². The Morgan fingerprint density at radius 2 is 1.90 bits per heavy atom. The van der Waals surface area contributed by atoms with Crippen LogP contribution in [0, 0.1) is 13.8 Å². The van der Waals surface area contributed by atoms with E-state index in [1.54, 1.807) is 17.0 Å². The zero-order valence-electron chi connectivity index (χ0n) is 12.1. The summed E-state index contributed by atoms with van der Waals surface area (Å²) in [5.41, 5.74) is 3.51. The third-order valence-corrected chi connectivity index (χ3v) is 3.76. The molecule has 106 valence electrons. The molecule has 1 aliphatic rings. The van der Waals surface area contributed by atoms with Gasteiger partial charge in [0.15, 0.2) is 5.78 Å². The van der Waals surface area contributed by atoms with E-state index in [0.717, 1.165) is 11.4 Å². The first-order valence-electron chi connectivity index (χ1n) is 6.96. The summed E-state index contributed by atoms with van der Waals surface area (Å²) < 4.78 is 0. The Morgan fingerprint density at radius 3 is 2.67 bits per heavy atom. The monoisotopic (exact) mass is 280 g/mol. The van der Waals surface area contributed by atoms with Crippen molar-refractivity contribution in [3.8, 4) is 0 Å². The van der Waals surface area contributed by atoms with E-state index in [0.29, 0.717) is 29.8 Å². The average molecular weight is 280 g/mol. The van der Waals surface area contributed by atoms with Gasteiger partial charge in [-0.25, -0.2) is 0 Å². The van der Waals surface area contributed by atoms with Crippen LogP contribution in [0.1, 0.15) is 38.5 Å². The largest absolute Gasteiger partial charge is 0.307 e. The Labute approximate surface area is 123 Å². The lowest BCUT2D eigenvalue weighted by Gasteiger charge is -2.29. The number of pyridine rings is 1. The lowest BCUT2D eigenvalue weighted by atomic mass is 9.99. The fourth-order valence-corrected chi connectivity index (χ4v) is 2.68. The number of benzene rings is 1. The molecule has 0 saturated heterocycles. The topological polar surface area (TPSA) is 50.3 Å². The molecule has 0 radical (unpaired) electrons. The van der Waals surface area contributed by atoms with Crippen LogP contribution < -0.4 is 4.90 Å². The van der Waals surface area contributed by atoms with Crippen molar-refractivity contribution in [1.29, 1.82) is 0 Å². The molecule has 0 bridgehead atoms. The minimum Gasteiger partial charge on any atom is -0.307 e. The molecule has 4 heteroatoms. The van der Waals surface area contributed by atoms with Gasteiger partial charge in [0.1, 0.15) is 0 Å². The van der Waals surface area contributed by atoms with Crippen LogP contribution >= 0.6 is 0 Å². The Hall–Kier alpha value is -2.49. The summed E-state index contributed by atoms with van der Waals surface area (Å²) in [4.78, 5) is 30.7. The van der Waals surface area contributed by atoms with Crippen LogP contribution in [0.25, 0.3) is 0 Å². The number of para-hydroxylation sites is 1.